The third kappa shape index (κ3) is 8.62. The number of nitrogens with one attached hydrogen (secondary N) is 3. The number of hydrogen-bond acceptors (Lipinski definition) is 4. The zero-order chi connectivity index (χ0) is 20.6. The molecule has 2 rings (SSSR count). The van der Waals surface area contributed by atoms with E-state index in [1.165, 1.54) is 24.5 Å². The van der Waals surface area contributed by atoms with E-state index in [0.717, 1.165) is 0 Å². The van der Waals surface area contributed by atoms with E-state index in [-0.39, 0.29) is 60.8 Å². The van der Waals surface area contributed by atoms with E-state index in [2.05, 4.69) is 25.3 Å². The van der Waals surface area contributed by atoms with Crippen molar-refractivity contribution in [1.82, 2.24) is 20.3 Å². The molecule has 1 heterocycles. The Bertz CT molecular complexity index is 747. The molecule has 1 fully saturated rings. The predicted octanol–water partition coefficient (Wildman–Crippen LogP) is 2.65. The molecule has 0 radical (unpaired) electrons. The first kappa shape index (κ1) is 25.9. The minimum absolute atomic E-state index is 0. The molecule has 0 aliphatic heterocycles. The van der Waals surface area contributed by atoms with E-state index in [1.54, 1.807) is 0 Å². The van der Waals surface area contributed by atoms with Gasteiger partial charge < -0.3 is 10.6 Å². The number of pyridine rings is 1. The summed E-state index contributed by atoms with van der Waals surface area (Å²) in [6.07, 6.45) is -0.131. The molecule has 166 valence electrons. The van der Waals surface area contributed by atoms with Gasteiger partial charge in [-0.2, -0.15) is 13.2 Å². The quantitative estimate of drug-likeness (QED) is 0.211. The van der Waals surface area contributed by atoms with Crippen LogP contribution in [0.1, 0.15) is 32.6 Å². The van der Waals surface area contributed by atoms with Crippen molar-refractivity contribution in [2.75, 3.05) is 19.6 Å². The molecular formula is C17H27F3IN5O2S. The third-order valence-corrected chi connectivity index (χ3v) is 5.89. The summed E-state index contributed by atoms with van der Waals surface area (Å²) in [6.45, 7) is 2.60. The Morgan fingerprint density at radius 3 is 2.72 bits per heavy atom. The van der Waals surface area contributed by atoms with Crippen molar-refractivity contribution in [3.05, 3.63) is 24.5 Å². The highest BCUT2D eigenvalue weighted by Gasteiger charge is 2.42. The molecule has 2 unspecified atom stereocenters. The molecule has 1 aromatic rings. The summed E-state index contributed by atoms with van der Waals surface area (Å²) in [5, 5.41) is 6.02. The van der Waals surface area contributed by atoms with Crippen LogP contribution in [0.15, 0.2) is 34.4 Å². The first-order valence-electron chi connectivity index (χ1n) is 9.23. The van der Waals surface area contributed by atoms with E-state index >= 15 is 0 Å². The highest BCUT2D eigenvalue weighted by molar-refractivity contribution is 14.0. The van der Waals surface area contributed by atoms with E-state index in [4.69, 9.17) is 0 Å². The first-order valence-corrected chi connectivity index (χ1v) is 10.7. The summed E-state index contributed by atoms with van der Waals surface area (Å²) < 4.78 is 65.5. The second kappa shape index (κ2) is 11.9. The van der Waals surface area contributed by atoms with Crippen molar-refractivity contribution in [3.63, 3.8) is 0 Å². The van der Waals surface area contributed by atoms with Crippen LogP contribution in [0.3, 0.4) is 0 Å². The largest absolute Gasteiger partial charge is 0.391 e. The van der Waals surface area contributed by atoms with Gasteiger partial charge in [0.2, 0.25) is 10.0 Å². The molecule has 0 spiro atoms. The van der Waals surface area contributed by atoms with Crippen molar-refractivity contribution < 1.29 is 21.6 Å². The average Bonchev–Trinajstić information content (AvgIpc) is 2.65. The number of alkyl halides is 3. The van der Waals surface area contributed by atoms with Gasteiger partial charge in [-0.15, -0.1) is 24.0 Å². The fourth-order valence-corrected chi connectivity index (χ4v) is 4.05. The summed E-state index contributed by atoms with van der Waals surface area (Å²) in [5.74, 6) is -0.913. The Kier molecular flexibility index (Phi) is 10.6. The van der Waals surface area contributed by atoms with Gasteiger partial charge in [-0.05, 0) is 38.3 Å². The Morgan fingerprint density at radius 2 is 2.10 bits per heavy atom. The van der Waals surface area contributed by atoms with E-state index < -0.39 is 22.1 Å². The Morgan fingerprint density at radius 1 is 1.34 bits per heavy atom. The monoisotopic (exact) mass is 549 g/mol. The lowest BCUT2D eigenvalue weighted by atomic mass is 9.85. The van der Waals surface area contributed by atoms with E-state index in [9.17, 15) is 21.6 Å². The first-order chi connectivity index (χ1) is 13.2. The van der Waals surface area contributed by atoms with Gasteiger partial charge in [0, 0.05) is 31.5 Å². The fourth-order valence-electron chi connectivity index (χ4n) is 3.07. The van der Waals surface area contributed by atoms with Crippen molar-refractivity contribution in [2.45, 2.75) is 49.7 Å². The number of hydrogen-bond donors (Lipinski definition) is 3. The standard InChI is InChI=1S/C17H26F3N5O2S.HI/c1-2-22-16(25-14-6-3-5-13(11-14)17(18,19)20)23-9-10-24-28(26,27)15-7-4-8-21-12-15;/h4,7-8,12-14,24H,2-3,5-6,9-11H2,1H3,(H2,22,23,25);1H. The minimum Gasteiger partial charge on any atom is -0.357 e. The Hall–Kier alpha value is -1.15. The van der Waals surface area contributed by atoms with E-state index in [0.29, 0.717) is 25.3 Å². The average molecular weight is 549 g/mol. The molecule has 1 aliphatic carbocycles. The molecule has 1 aliphatic rings. The number of nitrogens with zero attached hydrogens (tertiary/aromatic N) is 2. The molecule has 1 saturated carbocycles. The van der Waals surface area contributed by atoms with Crippen LogP contribution in [-0.4, -0.2) is 51.2 Å². The Balaban J connectivity index is 0.00000420. The van der Waals surface area contributed by atoms with Gasteiger partial charge in [-0.3, -0.25) is 9.98 Å². The van der Waals surface area contributed by atoms with Crippen LogP contribution >= 0.6 is 24.0 Å². The molecule has 29 heavy (non-hydrogen) atoms. The molecule has 2 atom stereocenters. The normalized spacial score (nSPS) is 20.6. The lowest BCUT2D eigenvalue weighted by Crippen LogP contribution is -2.47. The van der Waals surface area contributed by atoms with Gasteiger partial charge >= 0.3 is 6.18 Å². The molecule has 0 bridgehead atoms. The van der Waals surface area contributed by atoms with E-state index in [1.807, 2.05) is 6.92 Å². The molecule has 0 aromatic carbocycles. The zero-order valence-electron chi connectivity index (χ0n) is 16.1. The second-order valence-corrected chi connectivity index (χ2v) is 8.36. The van der Waals surface area contributed by atoms with Crippen LogP contribution in [0, 0.1) is 5.92 Å². The molecule has 12 heteroatoms. The number of halogens is 4. The van der Waals surface area contributed by atoms with Crippen LogP contribution < -0.4 is 15.4 Å². The number of guanidine groups is 1. The fraction of sp³-hybridized carbons (Fsp3) is 0.647. The van der Waals surface area contributed by atoms with Gasteiger partial charge in [-0.25, -0.2) is 13.1 Å². The van der Waals surface area contributed by atoms with Crippen molar-refractivity contribution in [1.29, 1.82) is 0 Å². The molecular weight excluding hydrogens is 522 g/mol. The number of rotatable bonds is 7. The van der Waals surface area contributed by atoms with Crippen molar-refractivity contribution in [3.8, 4) is 0 Å². The minimum atomic E-state index is -4.18. The highest BCUT2D eigenvalue weighted by atomic mass is 127. The second-order valence-electron chi connectivity index (χ2n) is 6.59. The number of aliphatic imine (C=N–C) groups is 1. The summed E-state index contributed by atoms with van der Waals surface area (Å²) >= 11 is 0. The lowest BCUT2D eigenvalue weighted by molar-refractivity contribution is -0.183. The van der Waals surface area contributed by atoms with Gasteiger partial charge in [0.05, 0.1) is 12.5 Å². The van der Waals surface area contributed by atoms with Gasteiger partial charge in [0.15, 0.2) is 5.96 Å². The molecule has 7 nitrogen and oxygen atoms in total. The van der Waals surface area contributed by atoms with Crippen LogP contribution in [0.2, 0.25) is 0 Å². The van der Waals surface area contributed by atoms with Crippen LogP contribution in [0.4, 0.5) is 13.2 Å². The highest BCUT2D eigenvalue weighted by Crippen LogP contribution is 2.37. The molecule has 1 aromatic heterocycles. The maximum absolute atomic E-state index is 13.0. The van der Waals surface area contributed by atoms with Gasteiger partial charge in [0.25, 0.3) is 0 Å². The third-order valence-electron chi connectivity index (χ3n) is 4.44. The number of sulfonamides is 1. The van der Waals surface area contributed by atoms with Crippen LogP contribution in [-0.2, 0) is 10.0 Å². The zero-order valence-corrected chi connectivity index (χ0v) is 19.2. The number of aromatic nitrogens is 1. The summed E-state index contributed by atoms with van der Waals surface area (Å²) in [5.41, 5.74) is 0. The molecule has 3 N–H and O–H groups in total. The summed E-state index contributed by atoms with van der Waals surface area (Å²) in [7, 11) is -3.67. The maximum atomic E-state index is 13.0. The summed E-state index contributed by atoms with van der Waals surface area (Å²) in [4.78, 5) is 8.10. The van der Waals surface area contributed by atoms with Crippen LogP contribution in [0.25, 0.3) is 0 Å². The predicted molar refractivity (Wildman–Crippen MR) is 116 cm³/mol. The SMILES string of the molecule is CCNC(=NCCNS(=O)(=O)c1cccnc1)NC1CCCC(C(F)(F)F)C1.I. The smallest absolute Gasteiger partial charge is 0.357 e. The van der Waals surface area contributed by atoms with Crippen molar-refractivity contribution in [2.24, 2.45) is 10.9 Å². The topological polar surface area (TPSA) is 95.5 Å². The van der Waals surface area contributed by atoms with Crippen molar-refractivity contribution >= 4 is 40.0 Å². The van der Waals surface area contributed by atoms with Gasteiger partial charge in [-0.1, -0.05) is 6.42 Å². The summed E-state index contributed by atoms with van der Waals surface area (Å²) in [6, 6.07) is 2.65. The van der Waals surface area contributed by atoms with Crippen LogP contribution in [0.5, 0.6) is 0 Å². The molecule has 0 amide bonds. The maximum Gasteiger partial charge on any atom is 0.391 e. The lowest BCUT2D eigenvalue weighted by Gasteiger charge is -2.31. The molecule has 0 saturated heterocycles. The Labute approximate surface area is 186 Å². The van der Waals surface area contributed by atoms with Gasteiger partial charge in [0.1, 0.15) is 4.90 Å².